The summed E-state index contributed by atoms with van der Waals surface area (Å²) in [4.78, 5) is 22.9. The number of carbonyl (C=O) groups excluding carboxylic acids is 1. The Bertz CT molecular complexity index is 674. The standard InChI is InChI=1S/C14H14N2O3/c1-2-10-11(8-15(18)19)13-7-9-5-3-4-6-12(9)16(13)14(10)17/h3-7,10-11H,2,8H2,1H3/t10-,11-/m1/s1. The summed E-state index contributed by atoms with van der Waals surface area (Å²) >= 11 is 0. The van der Waals surface area contributed by atoms with E-state index in [1.807, 2.05) is 37.3 Å². The fourth-order valence-corrected chi connectivity index (χ4v) is 3.08. The van der Waals surface area contributed by atoms with E-state index in [1.165, 1.54) is 0 Å². The highest BCUT2D eigenvalue weighted by Gasteiger charge is 2.42. The summed E-state index contributed by atoms with van der Waals surface area (Å²) in [5.74, 6) is -0.588. The lowest BCUT2D eigenvalue weighted by Crippen LogP contribution is -2.21. The van der Waals surface area contributed by atoms with Crippen molar-refractivity contribution < 1.29 is 9.72 Å². The van der Waals surface area contributed by atoms with Gasteiger partial charge >= 0.3 is 0 Å². The van der Waals surface area contributed by atoms with E-state index in [2.05, 4.69) is 0 Å². The topological polar surface area (TPSA) is 65.1 Å². The van der Waals surface area contributed by atoms with Gasteiger partial charge in [0, 0.05) is 16.0 Å². The summed E-state index contributed by atoms with van der Waals surface area (Å²) < 4.78 is 1.66. The normalized spacial score (nSPS) is 21.8. The van der Waals surface area contributed by atoms with Crippen molar-refractivity contribution in [3.63, 3.8) is 0 Å². The van der Waals surface area contributed by atoms with Crippen LogP contribution in [0.1, 0.15) is 29.8 Å². The lowest BCUT2D eigenvalue weighted by Gasteiger charge is -2.11. The second-order valence-corrected chi connectivity index (χ2v) is 4.94. The third-order valence-corrected chi connectivity index (χ3v) is 3.93. The number of para-hydroxylation sites is 1. The molecule has 0 spiro atoms. The Kier molecular flexibility index (Phi) is 2.62. The first-order valence-corrected chi connectivity index (χ1v) is 6.40. The maximum Gasteiger partial charge on any atom is 0.235 e. The van der Waals surface area contributed by atoms with Crippen LogP contribution in [0.25, 0.3) is 10.9 Å². The van der Waals surface area contributed by atoms with Gasteiger partial charge < -0.3 is 0 Å². The van der Waals surface area contributed by atoms with Gasteiger partial charge in [-0.3, -0.25) is 19.5 Å². The molecule has 0 N–H and O–H groups in total. The van der Waals surface area contributed by atoms with Crippen LogP contribution in [0.3, 0.4) is 0 Å². The van der Waals surface area contributed by atoms with Crippen LogP contribution in [0.5, 0.6) is 0 Å². The van der Waals surface area contributed by atoms with Crippen molar-refractivity contribution in [1.29, 1.82) is 0 Å². The van der Waals surface area contributed by atoms with E-state index in [0.717, 1.165) is 16.6 Å². The smallest absolute Gasteiger partial charge is 0.235 e. The highest BCUT2D eigenvalue weighted by atomic mass is 16.6. The molecular formula is C14H14N2O3. The van der Waals surface area contributed by atoms with E-state index in [9.17, 15) is 14.9 Å². The van der Waals surface area contributed by atoms with E-state index in [1.54, 1.807) is 4.57 Å². The Morgan fingerprint density at radius 1 is 1.32 bits per heavy atom. The van der Waals surface area contributed by atoms with Crippen LogP contribution in [0, 0.1) is 16.0 Å². The largest absolute Gasteiger partial charge is 0.283 e. The van der Waals surface area contributed by atoms with Gasteiger partial charge in [-0.1, -0.05) is 25.1 Å². The number of benzene rings is 1. The number of aromatic nitrogens is 1. The van der Waals surface area contributed by atoms with Gasteiger partial charge in [0.1, 0.15) is 0 Å². The number of fused-ring (bicyclic) bond motifs is 3. The molecule has 0 unspecified atom stereocenters. The van der Waals surface area contributed by atoms with Gasteiger partial charge in [0.25, 0.3) is 0 Å². The van der Waals surface area contributed by atoms with Crippen molar-refractivity contribution in [2.24, 2.45) is 5.92 Å². The van der Waals surface area contributed by atoms with Crippen LogP contribution in [0.2, 0.25) is 0 Å². The zero-order chi connectivity index (χ0) is 13.6. The fraction of sp³-hybridized carbons (Fsp3) is 0.357. The van der Waals surface area contributed by atoms with E-state index in [0.29, 0.717) is 6.42 Å². The van der Waals surface area contributed by atoms with Crippen LogP contribution in [0.4, 0.5) is 0 Å². The molecule has 0 amide bonds. The average Bonchev–Trinajstić information content (AvgIpc) is 2.86. The molecule has 5 heteroatoms. The van der Waals surface area contributed by atoms with Crippen molar-refractivity contribution in [2.75, 3.05) is 6.54 Å². The van der Waals surface area contributed by atoms with Crippen molar-refractivity contribution in [2.45, 2.75) is 19.3 Å². The minimum absolute atomic E-state index is 0.00875. The number of nitro groups is 1. The molecule has 1 aliphatic rings. The first kappa shape index (κ1) is 11.9. The van der Waals surface area contributed by atoms with E-state index in [-0.39, 0.29) is 29.2 Å². The minimum Gasteiger partial charge on any atom is -0.283 e. The molecule has 19 heavy (non-hydrogen) atoms. The highest BCUT2D eigenvalue weighted by Crippen LogP contribution is 2.39. The zero-order valence-electron chi connectivity index (χ0n) is 10.6. The molecule has 1 aliphatic heterocycles. The summed E-state index contributed by atoms with van der Waals surface area (Å²) in [6.07, 6.45) is 0.632. The molecule has 1 aromatic heterocycles. The van der Waals surface area contributed by atoms with Crippen LogP contribution in [-0.2, 0) is 0 Å². The second-order valence-electron chi connectivity index (χ2n) is 4.94. The molecule has 2 heterocycles. The van der Waals surface area contributed by atoms with Gasteiger partial charge in [0.2, 0.25) is 12.5 Å². The molecule has 0 aliphatic carbocycles. The van der Waals surface area contributed by atoms with Crippen molar-refractivity contribution >= 4 is 16.8 Å². The van der Waals surface area contributed by atoms with Crippen molar-refractivity contribution in [3.8, 4) is 0 Å². The average molecular weight is 258 g/mol. The number of hydrogen-bond acceptors (Lipinski definition) is 3. The maximum absolute atomic E-state index is 12.4. The van der Waals surface area contributed by atoms with Gasteiger partial charge in [-0.25, -0.2) is 0 Å². The van der Waals surface area contributed by atoms with Crippen LogP contribution < -0.4 is 0 Å². The lowest BCUT2D eigenvalue weighted by atomic mass is 9.90. The van der Waals surface area contributed by atoms with Gasteiger partial charge in [-0.15, -0.1) is 0 Å². The maximum atomic E-state index is 12.4. The quantitative estimate of drug-likeness (QED) is 0.628. The van der Waals surface area contributed by atoms with E-state index < -0.39 is 0 Å². The number of carbonyl (C=O) groups is 1. The molecule has 1 aromatic carbocycles. The summed E-state index contributed by atoms with van der Waals surface area (Å²) in [7, 11) is 0. The van der Waals surface area contributed by atoms with Gasteiger partial charge in [0.15, 0.2) is 0 Å². The van der Waals surface area contributed by atoms with Crippen LogP contribution in [-0.4, -0.2) is 21.9 Å². The molecule has 0 bridgehead atoms. The number of hydrogen-bond donors (Lipinski definition) is 0. The molecule has 5 nitrogen and oxygen atoms in total. The molecule has 0 fully saturated rings. The zero-order valence-corrected chi connectivity index (χ0v) is 10.6. The summed E-state index contributed by atoms with van der Waals surface area (Å²) in [6.45, 7) is 1.73. The SMILES string of the molecule is CC[C@H]1C(=O)n2c(cc3ccccc32)[C@@H]1C[N+](=O)[O-]. The van der Waals surface area contributed by atoms with Crippen LogP contribution in [0.15, 0.2) is 30.3 Å². The Morgan fingerprint density at radius 3 is 2.74 bits per heavy atom. The van der Waals surface area contributed by atoms with Gasteiger partial charge in [0.05, 0.1) is 17.4 Å². The molecule has 98 valence electrons. The lowest BCUT2D eigenvalue weighted by molar-refractivity contribution is -0.484. The summed E-state index contributed by atoms with van der Waals surface area (Å²) in [5, 5.41) is 11.8. The fourth-order valence-electron chi connectivity index (χ4n) is 3.08. The van der Waals surface area contributed by atoms with Crippen LogP contribution >= 0.6 is 0 Å². The van der Waals surface area contributed by atoms with Crippen molar-refractivity contribution in [1.82, 2.24) is 4.57 Å². The van der Waals surface area contributed by atoms with Gasteiger partial charge in [-0.05, 0) is 18.6 Å². The Labute approximate surface area is 110 Å². The second kappa shape index (κ2) is 4.19. The first-order valence-electron chi connectivity index (χ1n) is 6.40. The molecular weight excluding hydrogens is 244 g/mol. The first-order chi connectivity index (χ1) is 9.13. The molecule has 3 rings (SSSR count). The minimum atomic E-state index is -0.325. The number of nitrogens with zero attached hydrogens (tertiary/aromatic N) is 2. The Balaban J connectivity index is 2.19. The highest BCUT2D eigenvalue weighted by molar-refractivity contribution is 5.98. The molecule has 2 atom stereocenters. The summed E-state index contributed by atoms with van der Waals surface area (Å²) in [6, 6.07) is 9.51. The van der Waals surface area contributed by atoms with E-state index >= 15 is 0 Å². The van der Waals surface area contributed by atoms with E-state index in [4.69, 9.17) is 0 Å². The molecule has 2 aromatic rings. The monoisotopic (exact) mass is 258 g/mol. The third-order valence-electron chi connectivity index (χ3n) is 3.93. The molecule has 0 saturated heterocycles. The Morgan fingerprint density at radius 2 is 2.05 bits per heavy atom. The Hall–Kier alpha value is -2.17. The predicted molar refractivity (Wildman–Crippen MR) is 70.9 cm³/mol. The number of rotatable bonds is 3. The predicted octanol–water partition coefficient (Wildman–Crippen LogP) is 2.68. The van der Waals surface area contributed by atoms with Crippen molar-refractivity contribution in [3.05, 3.63) is 46.1 Å². The van der Waals surface area contributed by atoms with Gasteiger partial charge in [-0.2, -0.15) is 0 Å². The molecule has 0 saturated carbocycles. The summed E-state index contributed by atoms with van der Waals surface area (Å²) in [5.41, 5.74) is 1.64. The molecule has 0 radical (unpaired) electrons. The third kappa shape index (κ3) is 1.65.